The Morgan fingerprint density at radius 2 is 2.21 bits per heavy atom. The molecule has 5 nitrogen and oxygen atoms in total. The molecule has 3 heterocycles. The maximum absolute atomic E-state index is 4.81. The first kappa shape index (κ1) is 16.8. The monoisotopic (exact) mass is 325 g/mol. The van der Waals surface area contributed by atoms with Crippen molar-refractivity contribution < 1.29 is 0 Å². The average molecular weight is 325 g/mol. The van der Waals surface area contributed by atoms with Gasteiger partial charge in [-0.1, -0.05) is 19.9 Å². The van der Waals surface area contributed by atoms with Crippen molar-refractivity contribution in [3.8, 4) is 0 Å². The molecular weight excluding hydrogens is 298 g/mol. The van der Waals surface area contributed by atoms with Crippen LogP contribution in [0.2, 0.25) is 0 Å². The third-order valence-corrected chi connectivity index (χ3v) is 4.46. The van der Waals surface area contributed by atoms with Gasteiger partial charge in [0.25, 0.3) is 0 Å². The second-order valence-corrected chi connectivity index (χ2v) is 7.12. The minimum atomic E-state index is 0.469. The van der Waals surface area contributed by atoms with Gasteiger partial charge in [0.15, 0.2) is 0 Å². The molecule has 2 aromatic heterocycles. The summed E-state index contributed by atoms with van der Waals surface area (Å²) in [4.78, 5) is 16.1. The Labute approximate surface area is 144 Å². The Bertz CT molecular complexity index is 670. The molecule has 3 rings (SSSR count). The highest BCUT2D eigenvalue weighted by Crippen LogP contribution is 2.27. The van der Waals surface area contributed by atoms with Crippen molar-refractivity contribution in [1.29, 1.82) is 0 Å². The van der Waals surface area contributed by atoms with E-state index in [1.54, 1.807) is 12.4 Å². The average Bonchev–Trinajstić information content (AvgIpc) is 2.57. The van der Waals surface area contributed by atoms with E-state index in [2.05, 4.69) is 34.0 Å². The number of pyridine rings is 1. The predicted octanol–water partition coefficient (Wildman–Crippen LogP) is 3.76. The minimum absolute atomic E-state index is 0.469. The fraction of sp³-hybridized carbons (Fsp3) is 0.526. The Hall–Kier alpha value is -2.01. The molecule has 1 unspecified atom stereocenters. The second-order valence-electron chi connectivity index (χ2n) is 7.12. The van der Waals surface area contributed by atoms with Crippen LogP contribution in [0.15, 0.2) is 30.7 Å². The van der Waals surface area contributed by atoms with E-state index in [0.29, 0.717) is 11.8 Å². The summed E-state index contributed by atoms with van der Waals surface area (Å²) in [6.45, 7) is 10.0. The molecule has 24 heavy (non-hydrogen) atoms. The van der Waals surface area contributed by atoms with Gasteiger partial charge in [-0.25, -0.2) is 9.97 Å². The van der Waals surface area contributed by atoms with E-state index < -0.39 is 0 Å². The van der Waals surface area contributed by atoms with Gasteiger partial charge in [0.1, 0.15) is 11.6 Å². The van der Waals surface area contributed by atoms with Crippen LogP contribution in [-0.4, -0.2) is 39.5 Å². The molecule has 1 fully saturated rings. The Kier molecular flexibility index (Phi) is 5.41. The van der Waals surface area contributed by atoms with Gasteiger partial charge in [-0.2, -0.15) is 0 Å². The summed E-state index contributed by atoms with van der Waals surface area (Å²) in [6.07, 6.45) is 7.90. The minimum Gasteiger partial charge on any atom is -0.323 e. The van der Waals surface area contributed by atoms with Crippen LogP contribution in [0.1, 0.15) is 43.9 Å². The number of nitrogens with one attached hydrogen (secondary N) is 1. The molecule has 0 aliphatic carbocycles. The van der Waals surface area contributed by atoms with Gasteiger partial charge in [0.05, 0.1) is 11.9 Å². The number of likely N-dealkylation sites (tertiary alicyclic amines) is 1. The standard InChI is InChI=1S/C19H27N5/c1-14(2)12-24-9-5-7-16(13-24)17-10-20-11-18(22-17)23-19-15(3)6-4-8-21-19/h4,6,8,10-11,14,16H,5,7,9,12-13H2,1-3H3,(H,21,22,23). The van der Waals surface area contributed by atoms with Crippen LogP contribution < -0.4 is 5.32 Å². The lowest BCUT2D eigenvalue weighted by Gasteiger charge is -2.33. The van der Waals surface area contributed by atoms with Crippen LogP contribution in [0.4, 0.5) is 11.6 Å². The number of hydrogen-bond donors (Lipinski definition) is 1. The van der Waals surface area contributed by atoms with Crippen molar-refractivity contribution in [3.05, 3.63) is 42.0 Å². The number of aromatic nitrogens is 3. The van der Waals surface area contributed by atoms with E-state index >= 15 is 0 Å². The smallest absolute Gasteiger partial charge is 0.150 e. The lowest BCUT2D eigenvalue weighted by Crippen LogP contribution is -2.37. The largest absolute Gasteiger partial charge is 0.323 e. The van der Waals surface area contributed by atoms with E-state index in [4.69, 9.17) is 4.98 Å². The van der Waals surface area contributed by atoms with Gasteiger partial charge in [-0.05, 0) is 43.9 Å². The first-order valence-electron chi connectivity index (χ1n) is 8.84. The molecule has 5 heteroatoms. The van der Waals surface area contributed by atoms with Crippen molar-refractivity contribution in [2.24, 2.45) is 5.92 Å². The highest BCUT2D eigenvalue weighted by atomic mass is 15.1. The van der Waals surface area contributed by atoms with Gasteiger partial charge in [0, 0.05) is 31.4 Å². The summed E-state index contributed by atoms with van der Waals surface area (Å²) >= 11 is 0. The van der Waals surface area contributed by atoms with E-state index in [1.807, 2.05) is 25.3 Å². The Morgan fingerprint density at radius 1 is 1.33 bits per heavy atom. The molecule has 1 aliphatic rings. The second kappa shape index (κ2) is 7.71. The zero-order chi connectivity index (χ0) is 16.9. The topological polar surface area (TPSA) is 53.9 Å². The molecule has 0 bridgehead atoms. The summed E-state index contributed by atoms with van der Waals surface area (Å²) in [5.74, 6) is 2.79. The molecule has 1 saturated heterocycles. The first-order chi connectivity index (χ1) is 11.6. The van der Waals surface area contributed by atoms with Crippen LogP contribution in [-0.2, 0) is 0 Å². The summed E-state index contributed by atoms with van der Waals surface area (Å²) in [6, 6.07) is 3.98. The zero-order valence-electron chi connectivity index (χ0n) is 14.9. The highest BCUT2D eigenvalue weighted by molar-refractivity contribution is 5.54. The molecule has 2 aromatic rings. The van der Waals surface area contributed by atoms with E-state index in [9.17, 15) is 0 Å². The van der Waals surface area contributed by atoms with E-state index in [-0.39, 0.29) is 0 Å². The summed E-state index contributed by atoms with van der Waals surface area (Å²) in [5, 5.41) is 3.30. The summed E-state index contributed by atoms with van der Waals surface area (Å²) in [7, 11) is 0. The molecule has 1 aliphatic heterocycles. The Morgan fingerprint density at radius 3 is 3.00 bits per heavy atom. The van der Waals surface area contributed by atoms with Gasteiger partial charge in [0.2, 0.25) is 0 Å². The lowest BCUT2D eigenvalue weighted by atomic mass is 9.94. The predicted molar refractivity (Wildman–Crippen MR) is 97.5 cm³/mol. The number of anilines is 2. The number of rotatable bonds is 5. The summed E-state index contributed by atoms with van der Waals surface area (Å²) < 4.78 is 0. The van der Waals surface area contributed by atoms with Crippen LogP contribution in [0.3, 0.4) is 0 Å². The first-order valence-corrected chi connectivity index (χ1v) is 8.84. The molecule has 0 aromatic carbocycles. The molecule has 1 N–H and O–H groups in total. The van der Waals surface area contributed by atoms with Crippen LogP contribution in [0.5, 0.6) is 0 Å². The molecule has 128 valence electrons. The van der Waals surface area contributed by atoms with Gasteiger partial charge < -0.3 is 10.2 Å². The maximum Gasteiger partial charge on any atom is 0.150 e. The molecular formula is C19H27N5. The zero-order valence-corrected chi connectivity index (χ0v) is 14.9. The number of hydrogen-bond acceptors (Lipinski definition) is 5. The van der Waals surface area contributed by atoms with Crippen LogP contribution in [0, 0.1) is 12.8 Å². The number of aryl methyl sites for hydroxylation is 1. The van der Waals surface area contributed by atoms with Crippen molar-refractivity contribution in [3.63, 3.8) is 0 Å². The molecule has 0 saturated carbocycles. The molecule has 0 amide bonds. The van der Waals surface area contributed by atoms with Crippen molar-refractivity contribution >= 4 is 11.6 Å². The maximum atomic E-state index is 4.81. The fourth-order valence-electron chi connectivity index (χ4n) is 3.36. The molecule has 0 spiro atoms. The van der Waals surface area contributed by atoms with Crippen LogP contribution >= 0.6 is 0 Å². The quantitative estimate of drug-likeness (QED) is 0.907. The van der Waals surface area contributed by atoms with Crippen molar-refractivity contribution in [2.75, 3.05) is 25.0 Å². The third kappa shape index (κ3) is 4.29. The van der Waals surface area contributed by atoms with E-state index in [0.717, 1.165) is 36.0 Å². The van der Waals surface area contributed by atoms with E-state index in [1.165, 1.54) is 19.4 Å². The van der Waals surface area contributed by atoms with Crippen molar-refractivity contribution in [1.82, 2.24) is 19.9 Å². The van der Waals surface area contributed by atoms with Crippen molar-refractivity contribution in [2.45, 2.75) is 39.5 Å². The SMILES string of the molecule is Cc1cccnc1Nc1cncc(C2CCCN(CC(C)C)C2)n1. The summed E-state index contributed by atoms with van der Waals surface area (Å²) in [5.41, 5.74) is 2.19. The van der Waals surface area contributed by atoms with Gasteiger partial charge in [-0.15, -0.1) is 0 Å². The third-order valence-electron chi connectivity index (χ3n) is 4.46. The highest BCUT2D eigenvalue weighted by Gasteiger charge is 2.23. The van der Waals surface area contributed by atoms with Crippen LogP contribution in [0.25, 0.3) is 0 Å². The fourth-order valence-corrected chi connectivity index (χ4v) is 3.36. The molecule has 0 radical (unpaired) electrons. The number of nitrogens with zero attached hydrogens (tertiary/aromatic N) is 4. The lowest BCUT2D eigenvalue weighted by molar-refractivity contribution is 0.186. The normalized spacial score (nSPS) is 18.8. The van der Waals surface area contributed by atoms with Gasteiger partial charge in [-0.3, -0.25) is 4.98 Å². The van der Waals surface area contributed by atoms with Gasteiger partial charge >= 0.3 is 0 Å². The molecule has 1 atom stereocenters. The Balaban J connectivity index is 1.72. The number of piperidine rings is 1.